The Balaban J connectivity index is 2.20. The summed E-state index contributed by atoms with van der Waals surface area (Å²) in [6, 6.07) is 14.8. The van der Waals surface area contributed by atoms with Crippen molar-refractivity contribution in [1.29, 1.82) is 0 Å². The summed E-state index contributed by atoms with van der Waals surface area (Å²) in [6.45, 7) is 9.91. The molecule has 0 amide bonds. The lowest BCUT2D eigenvalue weighted by Gasteiger charge is -2.15. The van der Waals surface area contributed by atoms with Gasteiger partial charge >= 0.3 is 0 Å². The van der Waals surface area contributed by atoms with Gasteiger partial charge in [-0.3, -0.25) is 4.79 Å². The van der Waals surface area contributed by atoms with E-state index < -0.39 is 0 Å². The van der Waals surface area contributed by atoms with Crippen LogP contribution in [0.15, 0.2) is 48.5 Å². The van der Waals surface area contributed by atoms with Crippen LogP contribution < -0.4 is 9.47 Å². The first-order valence-corrected chi connectivity index (χ1v) is 9.46. The minimum Gasteiger partial charge on any atom is -0.493 e. The summed E-state index contributed by atoms with van der Waals surface area (Å²) in [6.07, 6.45) is 1.94. The Morgan fingerprint density at radius 3 is 2.08 bits per heavy atom. The molecule has 0 aliphatic rings. The van der Waals surface area contributed by atoms with Crippen LogP contribution in [0.25, 0.3) is 0 Å². The molecule has 140 valence electrons. The summed E-state index contributed by atoms with van der Waals surface area (Å²) in [5.74, 6) is 2.46. The van der Waals surface area contributed by atoms with Crippen molar-refractivity contribution in [2.24, 2.45) is 11.8 Å². The molecule has 0 unspecified atom stereocenters. The number of rotatable bonds is 10. The quantitative estimate of drug-likeness (QED) is 0.508. The van der Waals surface area contributed by atoms with Gasteiger partial charge in [0.05, 0.1) is 18.8 Å². The molecule has 0 aromatic heterocycles. The fraction of sp³-hybridized carbons (Fsp3) is 0.435. The van der Waals surface area contributed by atoms with E-state index in [1.54, 1.807) is 0 Å². The Morgan fingerprint density at radius 2 is 1.46 bits per heavy atom. The van der Waals surface area contributed by atoms with Gasteiger partial charge in [0.2, 0.25) is 0 Å². The maximum atomic E-state index is 12.9. The second-order valence-electron chi connectivity index (χ2n) is 7.42. The number of ketones is 1. The van der Waals surface area contributed by atoms with Gasteiger partial charge < -0.3 is 9.47 Å². The fourth-order valence-electron chi connectivity index (χ4n) is 2.46. The molecule has 2 aromatic carbocycles. The third-order valence-corrected chi connectivity index (χ3v) is 4.15. The average molecular weight is 354 g/mol. The van der Waals surface area contributed by atoms with Gasteiger partial charge in [0, 0.05) is 11.6 Å². The Kier molecular flexibility index (Phi) is 7.71. The minimum atomic E-state index is -0.0288. The van der Waals surface area contributed by atoms with E-state index in [9.17, 15) is 4.79 Å². The first-order chi connectivity index (χ1) is 12.5. The Morgan fingerprint density at radius 1 is 0.846 bits per heavy atom. The van der Waals surface area contributed by atoms with Gasteiger partial charge in [-0.2, -0.15) is 0 Å². The molecule has 2 rings (SSSR count). The Hall–Kier alpha value is -2.29. The summed E-state index contributed by atoms with van der Waals surface area (Å²) in [7, 11) is 0. The van der Waals surface area contributed by atoms with E-state index in [1.165, 1.54) is 0 Å². The first kappa shape index (κ1) is 20.0. The first-order valence-electron chi connectivity index (χ1n) is 9.46. The van der Waals surface area contributed by atoms with E-state index in [1.807, 2.05) is 48.5 Å². The molecule has 0 atom stereocenters. The number of carbonyl (C=O) groups is 1. The number of benzene rings is 2. The topological polar surface area (TPSA) is 35.5 Å². The number of ether oxygens (including phenoxy) is 2. The van der Waals surface area contributed by atoms with E-state index >= 15 is 0 Å². The van der Waals surface area contributed by atoms with Gasteiger partial charge in [-0.05, 0) is 36.8 Å². The van der Waals surface area contributed by atoms with E-state index in [4.69, 9.17) is 9.47 Å². The SMILES string of the molecule is CC(C)CCOc1ccc(C(=O)c2ccccc2)c(OCCC(C)C)c1. The van der Waals surface area contributed by atoms with Crippen LogP contribution in [0.5, 0.6) is 11.5 Å². The van der Waals surface area contributed by atoms with Crippen molar-refractivity contribution in [3.8, 4) is 11.5 Å². The van der Waals surface area contributed by atoms with Crippen molar-refractivity contribution in [2.75, 3.05) is 13.2 Å². The molecule has 0 aliphatic heterocycles. The molecule has 0 saturated heterocycles. The standard InChI is InChI=1S/C23H30O3/c1-17(2)12-14-25-20-10-11-21(22(16-20)26-15-13-18(3)4)23(24)19-8-6-5-7-9-19/h5-11,16-18H,12-15H2,1-4H3. The van der Waals surface area contributed by atoms with E-state index in [0.29, 0.717) is 41.9 Å². The second kappa shape index (κ2) is 10.0. The van der Waals surface area contributed by atoms with Crippen molar-refractivity contribution in [1.82, 2.24) is 0 Å². The van der Waals surface area contributed by atoms with E-state index in [2.05, 4.69) is 27.7 Å². The van der Waals surface area contributed by atoms with Gasteiger partial charge in [0.1, 0.15) is 11.5 Å². The summed E-state index contributed by atoms with van der Waals surface area (Å²) in [4.78, 5) is 12.9. The summed E-state index contributed by atoms with van der Waals surface area (Å²) >= 11 is 0. The molecule has 2 aromatic rings. The van der Waals surface area contributed by atoms with Crippen LogP contribution in [0.3, 0.4) is 0 Å². The summed E-state index contributed by atoms with van der Waals surface area (Å²) in [5, 5.41) is 0. The highest BCUT2D eigenvalue weighted by molar-refractivity contribution is 6.10. The van der Waals surface area contributed by atoms with Crippen LogP contribution in [0.4, 0.5) is 0 Å². The lowest BCUT2D eigenvalue weighted by atomic mass is 10.0. The van der Waals surface area contributed by atoms with E-state index in [0.717, 1.165) is 18.6 Å². The van der Waals surface area contributed by atoms with Crippen molar-refractivity contribution in [3.63, 3.8) is 0 Å². The third kappa shape index (κ3) is 6.21. The minimum absolute atomic E-state index is 0.0288. The van der Waals surface area contributed by atoms with Crippen molar-refractivity contribution >= 4 is 5.78 Å². The largest absolute Gasteiger partial charge is 0.493 e. The number of hydrogen-bond donors (Lipinski definition) is 0. The lowest BCUT2D eigenvalue weighted by Crippen LogP contribution is -2.09. The van der Waals surface area contributed by atoms with Crippen molar-refractivity contribution in [3.05, 3.63) is 59.7 Å². The molecular formula is C23H30O3. The molecule has 0 fully saturated rings. The number of carbonyl (C=O) groups excluding carboxylic acids is 1. The highest BCUT2D eigenvalue weighted by Gasteiger charge is 2.16. The molecule has 0 saturated carbocycles. The molecule has 3 nitrogen and oxygen atoms in total. The predicted octanol–water partition coefficient (Wildman–Crippen LogP) is 5.77. The third-order valence-electron chi connectivity index (χ3n) is 4.15. The fourth-order valence-corrected chi connectivity index (χ4v) is 2.46. The average Bonchev–Trinajstić information content (AvgIpc) is 2.61. The zero-order chi connectivity index (χ0) is 18.9. The lowest BCUT2D eigenvalue weighted by molar-refractivity contribution is 0.103. The van der Waals surface area contributed by atoms with Crippen molar-refractivity contribution in [2.45, 2.75) is 40.5 Å². The Bertz CT molecular complexity index is 690. The summed E-state index contributed by atoms with van der Waals surface area (Å²) < 4.78 is 11.8. The van der Waals surface area contributed by atoms with Gasteiger partial charge in [0.15, 0.2) is 5.78 Å². The van der Waals surface area contributed by atoms with Crippen LogP contribution >= 0.6 is 0 Å². The van der Waals surface area contributed by atoms with Gasteiger partial charge in [-0.15, -0.1) is 0 Å². The second-order valence-corrected chi connectivity index (χ2v) is 7.42. The molecular weight excluding hydrogens is 324 g/mol. The molecule has 26 heavy (non-hydrogen) atoms. The predicted molar refractivity (Wildman–Crippen MR) is 106 cm³/mol. The van der Waals surface area contributed by atoms with Crippen LogP contribution in [0.1, 0.15) is 56.5 Å². The Labute approximate surface area is 157 Å². The highest BCUT2D eigenvalue weighted by Crippen LogP contribution is 2.28. The van der Waals surface area contributed by atoms with E-state index in [-0.39, 0.29) is 5.78 Å². The number of hydrogen-bond acceptors (Lipinski definition) is 3. The normalized spacial score (nSPS) is 11.0. The van der Waals surface area contributed by atoms with Gasteiger partial charge in [0.25, 0.3) is 0 Å². The monoisotopic (exact) mass is 354 g/mol. The van der Waals surface area contributed by atoms with Crippen LogP contribution in [0.2, 0.25) is 0 Å². The van der Waals surface area contributed by atoms with Gasteiger partial charge in [-0.1, -0.05) is 58.0 Å². The van der Waals surface area contributed by atoms with Crippen LogP contribution in [0, 0.1) is 11.8 Å². The molecule has 0 bridgehead atoms. The smallest absolute Gasteiger partial charge is 0.196 e. The molecule has 3 heteroatoms. The maximum Gasteiger partial charge on any atom is 0.196 e. The molecule has 0 spiro atoms. The van der Waals surface area contributed by atoms with Gasteiger partial charge in [-0.25, -0.2) is 0 Å². The molecule has 0 aliphatic carbocycles. The molecule has 0 heterocycles. The van der Waals surface area contributed by atoms with Crippen LogP contribution in [-0.2, 0) is 0 Å². The highest BCUT2D eigenvalue weighted by atomic mass is 16.5. The maximum absolute atomic E-state index is 12.9. The molecule has 0 N–H and O–H groups in total. The van der Waals surface area contributed by atoms with Crippen LogP contribution in [-0.4, -0.2) is 19.0 Å². The molecule has 0 radical (unpaired) electrons. The summed E-state index contributed by atoms with van der Waals surface area (Å²) in [5.41, 5.74) is 1.24. The zero-order valence-corrected chi connectivity index (χ0v) is 16.3. The zero-order valence-electron chi connectivity index (χ0n) is 16.3. The van der Waals surface area contributed by atoms with Crippen molar-refractivity contribution < 1.29 is 14.3 Å².